The Kier molecular flexibility index (Phi) is 4.94. The summed E-state index contributed by atoms with van der Waals surface area (Å²) >= 11 is 0. The van der Waals surface area contributed by atoms with Gasteiger partial charge in [-0.3, -0.25) is 9.78 Å². The van der Waals surface area contributed by atoms with Gasteiger partial charge in [0.2, 0.25) is 5.95 Å². The first-order valence-electron chi connectivity index (χ1n) is 6.84. The van der Waals surface area contributed by atoms with Gasteiger partial charge in [0.15, 0.2) is 0 Å². The zero-order valence-electron chi connectivity index (χ0n) is 12.1. The molecule has 0 unspecified atom stereocenters. The van der Waals surface area contributed by atoms with Crippen molar-refractivity contribution in [2.24, 2.45) is 0 Å². The number of aliphatic hydroxyl groups excluding tert-OH is 1. The molecule has 2 rings (SSSR count). The van der Waals surface area contributed by atoms with Crippen LogP contribution in [-0.2, 0) is 6.42 Å². The summed E-state index contributed by atoms with van der Waals surface area (Å²) in [6.45, 7) is 4.23. The van der Waals surface area contributed by atoms with Crippen LogP contribution in [0.2, 0.25) is 0 Å². The SMILES string of the molecule is CCOc1ccc(Nc2nc(C)c(CCO)c(=O)[nH]2)cc1. The fraction of sp³-hybridized carbons (Fsp3) is 0.333. The Morgan fingerprint density at radius 3 is 2.62 bits per heavy atom. The van der Waals surface area contributed by atoms with Gasteiger partial charge in [-0.1, -0.05) is 0 Å². The Morgan fingerprint density at radius 1 is 1.33 bits per heavy atom. The Balaban J connectivity index is 2.18. The molecule has 2 aromatic rings. The lowest BCUT2D eigenvalue weighted by atomic mass is 10.2. The highest BCUT2D eigenvalue weighted by Gasteiger charge is 2.07. The fourth-order valence-corrected chi connectivity index (χ4v) is 2.01. The monoisotopic (exact) mass is 289 g/mol. The van der Waals surface area contributed by atoms with Crippen molar-refractivity contribution in [2.45, 2.75) is 20.3 Å². The quantitative estimate of drug-likeness (QED) is 0.754. The van der Waals surface area contributed by atoms with E-state index >= 15 is 0 Å². The summed E-state index contributed by atoms with van der Waals surface area (Å²) < 4.78 is 5.37. The largest absolute Gasteiger partial charge is 0.494 e. The first kappa shape index (κ1) is 15.1. The molecule has 0 bridgehead atoms. The Hall–Kier alpha value is -2.34. The van der Waals surface area contributed by atoms with Gasteiger partial charge in [0.25, 0.3) is 5.56 Å². The summed E-state index contributed by atoms with van der Waals surface area (Å²) in [4.78, 5) is 18.9. The molecule has 0 aliphatic rings. The summed E-state index contributed by atoms with van der Waals surface area (Å²) in [6, 6.07) is 7.39. The van der Waals surface area contributed by atoms with Crippen molar-refractivity contribution in [3.8, 4) is 5.75 Å². The van der Waals surface area contributed by atoms with E-state index in [9.17, 15) is 4.79 Å². The highest BCUT2D eigenvalue weighted by molar-refractivity contribution is 5.54. The molecule has 6 nitrogen and oxygen atoms in total. The van der Waals surface area contributed by atoms with Crippen LogP contribution in [0.4, 0.5) is 11.6 Å². The van der Waals surface area contributed by atoms with Crippen molar-refractivity contribution in [3.63, 3.8) is 0 Å². The molecule has 0 aliphatic carbocycles. The first-order chi connectivity index (χ1) is 10.1. The maximum Gasteiger partial charge on any atom is 0.255 e. The van der Waals surface area contributed by atoms with Crippen molar-refractivity contribution in [2.75, 3.05) is 18.5 Å². The average Bonchev–Trinajstić information content (AvgIpc) is 2.45. The molecular formula is C15H19N3O3. The summed E-state index contributed by atoms with van der Waals surface area (Å²) in [5.74, 6) is 1.17. The Bertz CT molecular complexity index is 650. The maximum atomic E-state index is 11.9. The van der Waals surface area contributed by atoms with Crippen molar-refractivity contribution >= 4 is 11.6 Å². The van der Waals surface area contributed by atoms with E-state index < -0.39 is 0 Å². The van der Waals surface area contributed by atoms with Gasteiger partial charge in [0, 0.05) is 24.3 Å². The molecule has 0 atom stereocenters. The van der Waals surface area contributed by atoms with Crippen LogP contribution in [0.15, 0.2) is 29.1 Å². The lowest BCUT2D eigenvalue weighted by Crippen LogP contribution is -2.19. The lowest BCUT2D eigenvalue weighted by molar-refractivity contribution is 0.298. The summed E-state index contributed by atoms with van der Waals surface area (Å²) in [6.07, 6.45) is 0.303. The van der Waals surface area contributed by atoms with Gasteiger partial charge < -0.3 is 15.2 Å². The molecule has 0 radical (unpaired) electrons. The van der Waals surface area contributed by atoms with E-state index in [4.69, 9.17) is 9.84 Å². The van der Waals surface area contributed by atoms with Gasteiger partial charge in [-0.15, -0.1) is 0 Å². The number of hydrogen-bond acceptors (Lipinski definition) is 5. The molecule has 0 saturated heterocycles. The third-order valence-electron chi connectivity index (χ3n) is 3.01. The number of hydrogen-bond donors (Lipinski definition) is 3. The zero-order valence-corrected chi connectivity index (χ0v) is 12.1. The van der Waals surface area contributed by atoms with E-state index in [1.54, 1.807) is 6.92 Å². The minimum absolute atomic E-state index is 0.0722. The zero-order chi connectivity index (χ0) is 15.2. The topological polar surface area (TPSA) is 87.2 Å². The molecule has 21 heavy (non-hydrogen) atoms. The number of benzene rings is 1. The molecule has 1 aromatic carbocycles. The van der Waals surface area contributed by atoms with Crippen molar-refractivity contribution in [1.29, 1.82) is 0 Å². The van der Waals surface area contributed by atoms with Crippen LogP contribution in [0.5, 0.6) is 5.75 Å². The van der Waals surface area contributed by atoms with E-state index in [-0.39, 0.29) is 12.2 Å². The number of nitrogens with zero attached hydrogens (tertiary/aromatic N) is 1. The molecule has 3 N–H and O–H groups in total. The van der Waals surface area contributed by atoms with E-state index in [0.717, 1.165) is 11.4 Å². The number of aromatic amines is 1. The Morgan fingerprint density at radius 2 is 2.05 bits per heavy atom. The third kappa shape index (κ3) is 3.82. The number of ether oxygens (including phenoxy) is 1. The second-order valence-corrected chi connectivity index (χ2v) is 4.53. The second-order valence-electron chi connectivity index (χ2n) is 4.53. The second kappa shape index (κ2) is 6.90. The number of anilines is 2. The molecule has 112 valence electrons. The minimum Gasteiger partial charge on any atom is -0.494 e. The summed E-state index contributed by atoms with van der Waals surface area (Å²) in [5.41, 5.74) is 1.69. The number of H-pyrrole nitrogens is 1. The summed E-state index contributed by atoms with van der Waals surface area (Å²) in [7, 11) is 0. The van der Waals surface area contributed by atoms with Gasteiger partial charge in [0.1, 0.15) is 5.75 Å². The van der Waals surface area contributed by atoms with Crippen LogP contribution in [0.3, 0.4) is 0 Å². The van der Waals surface area contributed by atoms with Crippen LogP contribution >= 0.6 is 0 Å². The van der Waals surface area contributed by atoms with Crippen LogP contribution in [0.1, 0.15) is 18.2 Å². The van der Waals surface area contributed by atoms with Crippen LogP contribution in [0, 0.1) is 6.92 Å². The third-order valence-corrected chi connectivity index (χ3v) is 3.01. The molecule has 0 fully saturated rings. The highest BCUT2D eigenvalue weighted by atomic mass is 16.5. The van der Waals surface area contributed by atoms with Crippen LogP contribution in [0.25, 0.3) is 0 Å². The Labute approximate surface area is 122 Å². The lowest BCUT2D eigenvalue weighted by Gasteiger charge is -2.09. The number of rotatable bonds is 6. The normalized spacial score (nSPS) is 10.4. The van der Waals surface area contributed by atoms with Gasteiger partial charge in [-0.05, 0) is 38.1 Å². The molecule has 0 spiro atoms. The van der Waals surface area contributed by atoms with Crippen LogP contribution in [-0.4, -0.2) is 28.3 Å². The van der Waals surface area contributed by atoms with Crippen LogP contribution < -0.4 is 15.6 Å². The van der Waals surface area contributed by atoms with E-state index in [1.807, 2.05) is 31.2 Å². The van der Waals surface area contributed by atoms with Gasteiger partial charge in [-0.2, -0.15) is 0 Å². The molecule has 0 amide bonds. The molecule has 1 aromatic heterocycles. The molecule has 0 saturated carbocycles. The number of aryl methyl sites for hydroxylation is 1. The van der Waals surface area contributed by atoms with Crippen molar-refractivity contribution in [1.82, 2.24) is 9.97 Å². The molecule has 6 heteroatoms. The van der Waals surface area contributed by atoms with Crippen molar-refractivity contribution < 1.29 is 9.84 Å². The smallest absolute Gasteiger partial charge is 0.255 e. The number of nitrogens with one attached hydrogen (secondary N) is 2. The van der Waals surface area contributed by atoms with E-state index in [2.05, 4.69) is 15.3 Å². The highest BCUT2D eigenvalue weighted by Crippen LogP contribution is 2.18. The fourth-order valence-electron chi connectivity index (χ4n) is 2.01. The molecule has 0 aliphatic heterocycles. The average molecular weight is 289 g/mol. The number of aliphatic hydroxyl groups is 1. The van der Waals surface area contributed by atoms with E-state index in [0.29, 0.717) is 30.2 Å². The van der Waals surface area contributed by atoms with Gasteiger partial charge >= 0.3 is 0 Å². The van der Waals surface area contributed by atoms with E-state index in [1.165, 1.54) is 0 Å². The van der Waals surface area contributed by atoms with Crippen molar-refractivity contribution in [3.05, 3.63) is 45.9 Å². The maximum absolute atomic E-state index is 11.9. The first-order valence-corrected chi connectivity index (χ1v) is 6.84. The summed E-state index contributed by atoms with van der Waals surface area (Å²) in [5, 5.41) is 12.0. The predicted octanol–water partition coefficient (Wildman–Crippen LogP) is 1.76. The molecular weight excluding hydrogens is 270 g/mol. The standard InChI is InChI=1S/C15H19N3O3/c1-3-21-12-6-4-11(5-7-12)17-15-16-10(2)13(8-9-19)14(20)18-15/h4-7,19H,3,8-9H2,1-2H3,(H2,16,17,18,20). The van der Waals surface area contributed by atoms with Gasteiger partial charge in [0.05, 0.1) is 12.3 Å². The van der Waals surface area contributed by atoms with Gasteiger partial charge in [-0.25, -0.2) is 4.98 Å². The number of aromatic nitrogens is 2. The minimum atomic E-state index is -0.231. The predicted molar refractivity (Wildman–Crippen MR) is 81.3 cm³/mol. The molecule has 1 heterocycles.